The zero-order valence-corrected chi connectivity index (χ0v) is 9.19. The molecular weight excluding hydrogens is 216 g/mol. The number of carbonyl (C=O) groups excluding carboxylic acids is 1. The largest absolute Gasteiger partial charge is 0.349 e. The summed E-state index contributed by atoms with van der Waals surface area (Å²) in [4.78, 5) is 26.0. The molecule has 0 saturated carbocycles. The van der Waals surface area contributed by atoms with Gasteiger partial charge in [-0.3, -0.25) is 9.59 Å². The fourth-order valence-electron chi connectivity index (χ4n) is 1.66. The lowest BCUT2D eigenvalue weighted by molar-refractivity contribution is 0.0959. The summed E-state index contributed by atoms with van der Waals surface area (Å²) >= 11 is 0. The number of rotatable bonds is 3. The van der Waals surface area contributed by atoms with Gasteiger partial charge in [-0.15, -0.1) is 6.58 Å². The first-order valence-corrected chi connectivity index (χ1v) is 5.23. The number of carbonyl (C=O) groups is 1. The SMILES string of the molecule is C=CCNC(=O)c1c[nH]c(=O)c2ccccc12. The monoisotopic (exact) mass is 228 g/mol. The minimum atomic E-state index is -0.225. The van der Waals surface area contributed by atoms with Crippen LogP contribution in [0.3, 0.4) is 0 Å². The Labute approximate surface area is 98.0 Å². The third kappa shape index (κ3) is 2.10. The Morgan fingerprint density at radius 3 is 2.76 bits per heavy atom. The second-order valence-electron chi connectivity index (χ2n) is 3.58. The highest BCUT2D eigenvalue weighted by molar-refractivity contribution is 6.06. The summed E-state index contributed by atoms with van der Waals surface area (Å²) in [5.74, 6) is -0.225. The van der Waals surface area contributed by atoms with Crippen LogP contribution in [0, 0.1) is 0 Å². The summed E-state index contributed by atoms with van der Waals surface area (Å²) in [6.45, 7) is 3.93. The number of pyridine rings is 1. The molecule has 1 amide bonds. The van der Waals surface area contributed by atoms with E-state index in [4.69, 9.17) is 0 Å². The lowest BCUT2D eigenvalue weighted by atomic mass is 10.1. The van der Waals surface area contributed by atoms with Crippen LogP contribution in [0.2, 0.25) is 0 Å². The van der Waals surface area contributed by atoms with E-state index in [0.29, 0.717) is 22.9 Å². The molecule has 0 radical (unpaired) electrons. The van der Waals surface area contributed by atoms with Gasteiger partial charge in [-0.05, 0) is 6.07 Å². The summed E-state index contributed by atoms with van der Waals surface area (Å²) in [5.41, 5.74) is 0.267. The van der Waals surface area contributed by atoms with Crippen molar-refractivity contribution in [2.45, 2.75) is 0 Å². The van der Waals surface area contributed by atoms with Crippen LogP contribution in [0.1, 0.15) is 10.4 Å². The molecule has 2 rings (SSSR count). The van der Waals surface area contributed by atoms with Crippen molar-refractivity contribution in [1.29, 1.82) is 0 Å². The molecule has 2 aromatic rings. The van der Waals surface area contributed by atoms with E-state index in [9.17, 15) is 9.59 Å². The van der Waals surface area contributed by atoms with Gasteiger partial charge in [-0.2, -0.15) is 0 Å². The molecule has 0 aliphatic heterocycles. The molecule has 1 heterocycles. The van der Waals surface area contributed by atoms with E-state index in [-0.39, 0.29) is 11.5 Å². The summed E-state index contributed by atoms with van der Waals surface area (Å²) in [6.07, 6.45) is 3.04. The Hall–Kier alpha value is -2.36. The average Bonchev–Trinajstić information content (AvgIpc) is 2.37. The molecule has 0 spiro atoms. The number of amides is 1. The van der Waals surface area contributed by atoms with Gasteiger partial charge in [0.1, 0.15) is 0 Å². The minimum absolute atomic E-state index is 0.194. The minimum Gasteiger partial charge on any atom is -0.349 e. The van der Waals surface area contributed by atoms with Crippen molar-refractivity contribution in [3.8, 4) is 0 Å². The van der Waals surface area contributed by atoms with E-state index in [1.54, 1.807) is 30.3 Å². The van der Waals surface area contributed by atoms with Gasteiger partial charge in [0.25, 0.3) is 11.5 Å². The van der Waals surface area contributed by atoms with Gasteiger partial charge in [0.2, 0.25) is 0 Å². The summed E-state index contributed by atoms with van der Waals surface area (Å²) in [5, 5.41) is 3.84. The number of hydrogen-bond acceptors (Lipinski definition) is 2. The van der Waals surface area contributed by atoms with Gasteiger partial charge in [-0.1, -0.05) is 24.3 Å². The lowest BCUT2D eigenvalue weighted by Crippen LogP contribution is -2.24. The van der Waals surface area contributed by atoms with E-state index in [1.807, 2.05) is 0 Å². The van der Waals surface area contributed by atoms with Gasteiger partial charge >= 0.3 is 0 Å². The van der Waals surface area contributed by atoms with Crippen molar-refractivity contribution < 1.29 is 4.79 Å². The number of nitrogens with one attached hydrogen (secondary N) is 2. The maximum atomic E-state index is 11.8. The van der Waals surface area contributed by atoms with Crippen molar-refractivity contribution in [2.75, 3.05) is 6.54 Å². The molecule has 0 bridgehead atoms. The first kappa shape index (κ1) is 11.1. The Balaban J connectivity index is 2.55. The molecule has 86 valence electrons. The third-order valence-electron chi connectivity index (χ3n) is 2.46. The van der Waals surface area contributed by atoms with Crippen LogP contribution in [0.5, 0.6) is 0 Å². The number of hydrogen-bond donors (Lipinski definition) is 2. The summed E-state index contributed by atoms with van der Waals surface area (Å²) < 4.78 is 0. The first-order valence-electron chi connectivity index (χ1n) is 5.23. The van der Waals surface area contributed by atoms with Gasteiger partial charge < -0.3 is 10.3 Å². The van der Waals surface area contributed by atoms with Gasteiger partial charge in [0.05, 0.1) is 5.56 Å². The molecule has 17 heavy (non-hydrogen) atoms. The Kier molecular flexibility index (Phi) is 3.05. The van der Waals surface area contributed by atoms with E-state index < -0.39 is 0 Å². The van der Waals surface area contributed by atoms with Crippen molar-refractivity contribution >= 4 is 16.7 Å². The van der Waals surface area contributed by atoms with E-state index in [0.717, 1.165) is 0 Å². The van der Waals surface area contributed by atoms with Crippen LogP contribution >= 0.6 is 0 Å². The van der Waals surface area contributed by atoms with Crippen LogP contribution in [0.4, 0.5) is 0 Å². The molecule has 0 aliphatic rings. The summed E-state index contributed by atoms with van der Waals surface area (Å²) in [7, 11) is 0. The second-order valence-corrected chi connectivity index (χ2v) is 3.58. The molecule has 0 saturated heterocycles. The Bertz CT molecular complexity index is 629. The van der Waals surface area contributed by atoms with E-state index >= 15 is 0 Å². The molecule has 0 aliphatic carbocycles. The zero-order valence-electron chi connectivity index (χ0n) is 9.19. The Morgan fingerprint density at radius 2 is 2.06 bits per heavy atom. The van der Waals surface area contributed by atoms with Gasteiger partial charge in [0.15, 0.2) is 0 Å². The van der Waals surface area contributed by atoms with Gasteiger partial charge in [0, 0.05) is 23.5 Å². The lowest BCUT2D eigenvalue weighted by Gasteiger charge is -2.05. The van der Waals surface area contributed by atoms with Crippen molar-refractivity contribution in [3.05, 3.63) is 59.0 Å². The van der Waals surface area contributed by atoms with Crippen LogP contribution < -0.4 is 10.9 Å². The second kappa shape index (κ2) is 4.65. The molecule has 4 heteroatoms. The molecule has 2 N–H and O–H groups in total. The number of aromatic nitrogens is 1. The highest BCUT2D eigenvalue weighted by Gasteiger charge is 2.10. The highest BCUT2D eigenvalue weighted by Crippen LogP contribution is 2.13. The number of aromatic amines is 1. The zero-order chi connectivity index (χ0) is 12.3. The summed E-state index contributed by atoms with van der Waals surface area (Å²) in [6, 6.07) is 7.01. The predicted octanol–water partition coefficient (Wildman–Crippen LogP) is 1.44. The smallest absolute Gasteiger partial charge is 0.255 e. The first-order chi connectivity index (χ1) is 8.24. The van der Waals surface area contributed by atoms with Crippen molar-refractivity contribution in [3.63, 3.8) is 0 Å². The van der Waals surface area contributed by atoms with Crippen LogP contribution in [0.25, 0.3) is 10.8 Å². The fourth-order valence-corrected chi connectivity index (χ4v) is 1.66. The molecule has 1 aromatic heterocycles. The highest BCUT2D eigenvalue weighted by atomic mass is 16.1. The van der Waals surface area contributed by atoms with E-state index in [1.165, 1.54) is 6.20 Å². The predicted molar refractivity (Wildman–Crippen MR) is 67.1 cm³/mol. The van der Waals surface area contributed by atoms with E-state index in [2.05, 4.69) is 16.9 Å². The van der Waals surface area contributed by atoms with Crippen LogP contribution in [-0.4, -0.2) is 17.4 Å². The topological polar surface area (TPSA) is 62.0 Å². The quantitative estimate of drug-likeness (QED) is 0.781. The average molecular weight is 228 g/mol. The maximum Gasteiger partial charge on any atom is 0.255 e. The third-order valence-corrected chi connectivity index (χ3v) is 2.46. The number of fused-ring (bicyclic) bond motifs is 1. The number of benzene rings is 1. The van der Waals surface area contributed by atoms with Gasteiger partial charge in [-0.25, -0.2) is 0 Å². The van der Waals surface area contributed by atoms with Crippen LogP contribution in [-0.2, 0) is 0 Å². The maximum absolute atomic E-state index is 11.8. The fraction of sp³-hybridized carbons (Fsp3) is 0.0769. The normalized spacial score (nSPS) is 10.1. The molecule has 0 atom stereocenters. The van der Waals surface area contributed by atoms with Crippen molar-refractivity contribution in [2.24, 2.45) is 0 Å². The molecule has 0 fully saturated rings. The Morgan fingerprint density at radius 1 is 1.35 bits per heavy atom. The number of H-pyrrole nitrogens is 1. The van der Waals surface area contributed by atoms with Crippen LogP contribution in [0.15, 0.2) is 47.9 Å². The molecule has 0 unspecified atom stereocenters. The molecule has 1 aromatic carbocycles. The standard InChI is InChI=1S/C13H12N2O2/c1-2-7-14-13(17)11-8-15-12(16)10-6-4-3-5-9(10)11/h2-6,8H,1,7H2,(H,14,17)(H,15,16). The molecule has 4 nitrogen and oxygen atoms in total. The molecular formula is C13H12N2O2. The van der Waals surface area contributed by atoms with Crippen molar-refractivity contribution in [1.82, 2.24) is 10.3 Å².